The number of aromatic nitrogens is 1. The second kappa shape index (κ2) is 12.4. The third-order valence-corrected chi connectivity index (χ3v) is 8.29. The van der Waals surface area contributed by atoms with Gasteiger partial charge in [0.25, 0.3) is 5.56 Å². The maximum absolute atomic E-state index is 13.2. The van der Waals surface area contributed by atoms with Crippen molar-refractivity contribution in [2.75, 3.05) is 35.3 Å². The van der Waals surface area contributed by atoms with Crippen molar-refractivity contribution in [3.05, 3.63) is 98.4 Å². The van der Waals surface area contributed by atoms with E-state index in [9.17, 15) is 24.0 Å². The normalized spacial score (nSPS) is 17.6. The fraction of sp³-hybridized carbons (Fsp3) is 0.212. The zero-order valence-corrected chi connectivity index (χ0v) is 25.4. The lowest BCUT2D eigenvalue weighted by atomic mass is 9.85. The number of Topliss-reactive ketones (excluding diaryl/α,β-unsaturated/α-hetero) is 2. The van der Waals surface area contributed by atoms with E-state index in [2.05, 4.69) is 20.8 Å². The number of anilines is 3. The van der Waals surface area contributed by atoms with Crippen molar-refractivity contribution in [1.82, 2.24) is 10.3 Å². The molecular weight excluding hydrogens is 608 g/mol. The minimum atomic E-state index is -1.07. The topological polar surface area (TPSA) is 194 Å². The number of aliphatic hydroxyl groups excluding tert-OH is 1. The average molecular weight is 639 g/mol. The van der Waals surface area contributed by atoms with Crippen molar-refractivity contribution in [1.29, 1.82) is 0 Å². The van der Waals surface area contributed by atoms with Crippen molar-refractivity contribution < 1.29 is 34.1 Å². The first kappa shape index (κ1) is 31.0. The third-order valence-electron chi connectivity index (χ3n) is 8.29. The molecule has 0 radical (unpaired) electrons. The SMILES string of the molecule is CC1=C2C(=O)CN(c3ccc(C(=O)O)cc3)N=C2NC(=O)C1CC=Cc1c(C)c2c([nH]c1=O)NN(c1ccc(OCO)cc1)CC2=O. The number of carbonyl (C=O) groups is 4. The van der Waals surface area contributed by atoms with E-state index in [4.69, 9.17) is 14.9 Å². The number of hydrazine groups is 1. The smallest absolute Gasteiger partial charge is 0.335 e. The molecule has 3 aliphatic heterocycles. The molecule has 4 heterocycles. The van der Waals surface area contributed by atoms with Crippen LogP contribution >= 0.6 is 0 Å². The van der Waals surface area contributed by atoms with Gasteiger partial charge in [0.1, 0.15) is 24.7 Å². The van der Waals surface area contributed by atoms with Gasteiger partial charge in [-0.25, -0.2) is 4.79 Å². The van der Waals surface area contributed by atoms with E-state index in [1.165, 1.54) is 17.1 Å². The Hall–Kier alpha value is -6.02. The van der Waals surface area contributed by atoms with Gasteiger partial charge in [-0.2, -0.15) is 5.10 Å². The molecule has 1 atom stereocenters. The number of H-pyrrole nitrogens is 1. The number of nitrogens with zero attached hydrogens (tertiary/aromatic N) is 3. The zero-order valence-electron chi connectivity index (χ0n) is 25.4. The Morgan fingerprint density at radius 2 is 1.70 bits per heavy atom. The molecule has 3 aliphatic rings. The number of pyridine rings is 1. The lowest BCUT2D eigenvalue weighted by molar-refractivity contribution is -0.122. The number of amidine groups is 1. The number of ketones is 2. The number of allylic oxidation sites excluding steroid dienone is 1. The highest BCUT2D eigenvalue weighted by Crippen LogP contribution is 2.31. The van der Waals surface area contributed by atoms with E-state index >= 15 is 0 Å². The largest absolute Gasteiger partial charge is 0.478 e. The summed E-state index contributed by atoms with van der Waals surface area (Å²) in [5, 5.41) is 28.2. The number of hydrazone groups is 1. The summed E-state index contributed by atoms with van der Waals surface area (Å²) in [4.78, 5) is 66.6. The number of aromatic amines is 1. The van der Waals surface area contributed by atoms with Crippen LogP contribution < -0.4 is 31.1 Å². The number of aromatic carboxylic acids is 1. The van der Waals surface area contributed by atoms with Crippen molar-refractivity contribution in [3.8, 4) is 5.75 Å². The van der Waals surface area contributed by atoms with Crippen LogP contribution in [-0.2, 0) is 9.59 Å². The van der Waals surface area contributed by atoms with Gasteiger partial charge >= 0.3 is 5.97 Å². The summed E-state index contributed by atoms with van der Waals surface area (Å²) >= 11 is 0. The summed E-state index contributed by atoms with van der Waals surface area (Å²) in [6, 6.07) is 12.6. The molecule has 240 valence electrons. The Morgan fingerprint density at radius 1 is 1.00 bits per heavy atom. The van der Waals surface area contributed by atoms with Crippen LogP contribution in [0.4, 0.5) is 17.2 Å². The molecule has 0 saturated carbocycles. The molecule has 0 aliphatic carbocycles. The summed E-state index contributed by atoms with van der Waals surface area (Å²) in [5.74, 6) is -1.73. The van der Waals surface area contributed by atoms with Gasteiger partial charge in [0.05, 0.1) is 34.0 Å². The third kappa shape index (κ3) is 5.89. The van der Waals surface area contributed by atoms with E-state index in [0.717, 1.165) is 0 Å². The molecule has 3 aromatic rings. The van der Waals surface area contributed by atoms with Crippen molar-refractivity contribution in [2.45, 2.75) is 20.3 Å². The lowest BCUT2D eigenvalue weighted by Crippen LogP contribution is -2.49. The summed E-state index contributed by atoms with van der Waals surface area (Å²) in [6.07, 6.45) is 3.44. The standard InChI is InChI=1S/C33H30N6O8/c1-17-23(31(43)34-29-27(17)25(41)14-38(36-29)20-8-6-19(7-9-20)33(45)46)4-3-5-24-18(2)28-26(42)15-39(37-30(28)35-32(24)44)21-10-12-22(13-11-21)47-16-40/h3,5-13,23,40H,4,14-16H2,1-2H3,(H,45,46)(H,34,36,43)(H2,35,37,44). The molecule has 0 saturated heterocycles. The second-order valence-electron chi connectivity index (χ2n) is 11.2. The fourth-order valence-electron chi connectivity index (χ4n) is 5.87. The molecule has 47 heavy (non-hydrogen) atoms. The maximum Gasteiger partial charge on any atom is 0.335 e. The quantitative estimate of drug-likeness (QED) is 0.228. The van der Waals surface area contributed by atoms with Crippen LogP contribution in [0.5, 0.6) is 5.75 Å². The summed E-state index contributed by atoms with van der Waals surface area (Å²) < 4.78 is 5.04. The molecule has 6 rings (SSSR count). The van der Waals surface area contributed by atoms with E-state index in [-0.39, 0.29) is 59.8 Å². The monoisotopic (exact) mass is 638 g/mol. The molecule has 0 fully saturated rings. The van der Waals surface area contributed by atoms with Crippen LogP contribution in [0.25, 0.3) is 6.08 Å². The number of hydrogen-bond donors (Lipinski definition) is 5. The van der Waals surface area contributed by atoms with Crippen LogP contribution in [0.2, 0.25) is 0 Å². The van der Waals surface area contributed by atoms with Crippen LogP contribution in [0.3, 0.4) is 0 Å². The van der Waals surface area contributed by atoms with Crippen molar-refractivity contribution in [3.63, 3.8) is 0 Å². The number of carboxylic acids is 1. The van der Waals surface area contributed by atoms with E-state index in [1.54, 1.807) is 67.4 Å². The number of benzene rings is 2. The van der Waals surface area contributed by atoms with Gasteiger partial charge in [-0.15, -0.1) is 0 Å². The van der Waals surface area contributed by atoms with E-state index in [1.807, 2.05) is 0 Å². The number of ether oxygens (including phenoxy) is 1. The predicted octanol–water partition coefficient (Wildman–Crippen LogP) is 2.61. The van der Waals surface area contributed by atoms with Gasteiger partial charge in [-0.3, -0.25) is 34.6 Å². The molecule has 2 aromatic carbocycles. The number of carboxylic acid groups (broad SMARTS) is 1. The minimum Gasteiger partial charge on any atom is -0.478 e. The van der Waals surface area contributed by atoms with Gasteiger partial charge in [0.2, 0.25) is 5.91 Å². The van der Waals surface area contributed by atoms with Gasteiger partial charge in [0, 0.05) is 5.56 Å². The molecule has 1 aromatic heterocycles. The van der Waals surface area contributed by atoms with Crippen LogP contribution in [0.15, 0.2) is 75.6 Å². The first-order valence-electron chi connectivity index (χ1n) is 14.6. The number of aliphatic hydroxyl groups is 1. The number of nitrogens with one attached hydrogen (secondary N) is 3. The molecule has 1 unspecified atom stereocenters. The molecular formula is C33H30N6O8. The van der Waals surface area contributed by atoms with E-state index < -0.39 is 24.2 Å². The molecule has 14 heteroatoms. The Kier molecular flexibility index (Phi) is 8.18. The van der Waals surface area contributed by atoms with Crippen LogP contribution in [0, 0.1) is 12.8 Å². The van der Waals surface area contributed by atoms with Crippen LogP contribution in [0.1, 0.15) is 45.2 Å². The average Bonchev–Trinajstić information content (AvgIpc) is 3.03. The number of amides is 1. The van der Waals surface area contributed by atoms with Crippen molar-refractivity contribution in [2.24, 2.45) is 11.0 Å². The summed E-state index contributed by atoms with van der Waals surface area (Å²) in [5.41, 5.74) is 5.90. The Labute approximate surface area is 267 Å². The molecule has 0 bridgehead atoms. The molecule has 1 amide bonds. The summed E-state index contributed by atoms with van der Waals surface area (Å²) in [7, 11) is 0. The minimum absolute atomic E-state index is 0.00123. The highest BCUT2D eigenvalue weighted by Gasteiger charge is 2.37. The number of carbonyl (C=O) groups excluding carboxylic acids is 3. The number of fused-ring (bicyclic) bond motifs is 2. The lowest BCUT2D eigenvalue weighted by Gasteiger charge is -2.32. The summed E-state index contributed by atoms with van der Waals surface area (Å²) in [6.45, 7) is 2.85. The zero-order chi connectivity index (χ0) is 33.4. The first-order valence-corrected chi connectivity index (χ1v) is 14.6. The number of rotatable bonds is 8. The molecule has 0 spiro atoms. The fourth-order valence-corrected chi connectivity index (χ4v) is 5.87. The van der Waals surface area contributed by atoms with Gasteiger partial charge in [-0.1, -0.05) is 12.2 Å². The Bertz CT molecular complexity index is 1960. The predicted molar refractivity (Wildman–Crippen MR) is 172 cm³/mol. The Balaban J connectivity index is 1.20. The Morgan fingerprint density at radius 3 is 2.38 bits per heavy atom. The maximum atomic E-state index is 13.2. The highest BCUT2D eigenvalue weighted by molar-refractivity contribution is 6.29. The van der Waals surface area contributed by atoms with Crippen LogP contribution in [-0.4, -0.2) is 64.4 Å². The van der Waals surface area contributed by atoms with Gasteiger partial charge in [-0.05, 0) is 79.9 Å². The second-order valence-corrected chi connectivity index (χ2v) is 11.2. The number of hydrogen-bond acceptors (Lipinski definition) is 11. The molecule has 14 nitrogen and oxygen atoms in total. The first-order chi connectivity index (χ1) is 22.5. The van der Waals surface area contributed by atoms with Gasteiger partial charge in [0.15, 0.2) is 24.2 Å². The molecule has 5 N–H and O–H groups in total. The van der Waals surface area contributed by atoms with Crippen molar-refractivity contribution >= 4 is 52.5 Å². The van der Waals surface area contributed by atoms with Gasteiger partial charge < -0.3 is 25.3 Å². The van der Waals surface area contributed by atoms with E-state index in [0.29, 0.717) is 39.4 Å². The highest BCUT2D eigenvalue weighted by atomic mass is 16.6.